The zero-order valence-corrected chi connectivity index (χ0v) is 15.9. The van der Waals surface area contributed by atoms with E-state index in [1.165, 1.54) is 47.5 Å². The van der Waals surface area contributed by atoms with Crippen LogP contribution in [0.15, 0.2) is 54.6 Å². The number of hydrogen-bond donors (Lipinski definition) is 0. The third-order valence-corrected chi connectivity index (χ3v) is 6.44. The van der Waals surface area contributed by atoms with Crippen molar-refractivity contribution < 1.29 is 0 Å². The Hall–Kier alpha value is -2.32. The van der Waals surface area contributed by atoms with Gasteiger partial charge in [-0.05, 0) is 29.2 Å². The average molecular weight is 343 g/mol. The van der Waals surface area contributed by atoms with Gasteiger partial charge in [-0.15, -0.1) is 11.3 Å². The van der Waals surface area contributed by atoms with Crippen LogP contribution >= 0.6 is 11.3 Å². The van der Waals surface area contributed by atoms with Gasteiger partial charge in [0.1, 0.15) is 0 Å². The first-order chi connectivity index (χ1) is 12.0. The molecule has 25 heavy (non-hydrogen) atoms. The molecule has 0 bridgehead atoms. The van der Waals surface area contributed by atoms with E-state index in [-0.39, 0.29) is 5.41 Å². The van der Waals surface area contributed by atoms with Gasteiger partial charge in [-0.25, -0.2) is 0 Å². The Labute approximate surface area is 151 Å². The molecule has 2 aromatic heterocycles. The molecule has 0 fully saturated rings. The Morgan fingerprint density at radius 2 is 1.48 bits per heavy atom. The van der Waals surface area contributed by atoms with Crippen LogP contribution in [0.1, 0.15) is 26.3 Å². The van der Waals surface area contributed by atoms with Gasteiger partial charge in [0, 0.05) is 43.5 Å². The van der Waals surface area contributed by atoms with Crippen molar-refractivity contribution in [3.8, 4) is 0 Å². The molecule has 0 saturated heterocycles. The number of thiophene rings is 1. The van der Waals surface area contributed by atoms with E-state index in [2.05, 4.69) is 87.0 Å². The molecule has 2 heteroatoms. The third kappa shape index (κ3) is 1.95. The quantitative estimate of drug-likeness (QED) is 0.285. The highest BCUT2D eigenvalue weighted by Crippen LogP contribution is 2.45. The van der Waals surface area contributed by atoms with Crippen molar-refractivity contribution in [1.82, 2.24) is 4.57 Å². The molecule has 5 aromatic rings. The van der Waals surface area contributed by atoms with E-state index in [0.29, 0.717) is 0 Å². The van der Waals surface area contributed by atoms with Gasteiger partial charge in [-0.1, -0.05) is 57.2 Å². The van der Waals surface area contributed by atoms with Crippen LogP contribution in [0.5, 0.6) is 0 Å². The third-order valence-electron chi connectivity index (χ3n) is 5.32. The molecule has 1 nitrogen and oxygen atoms in total. The van der Waals surface area contributed by atoms with Gasteiger partial charge in [-0.2, -0.15) is 0 Å². The fourth-order valence-electron chi connectivity index (χ4n) is 4.16. The highest BCUT2D eigenvalue weighted by Gasteiger charge is 2.24. The molecule has 0 atom stereocenters. The predicted octanol–water partition coefficient (Wildman–Crippen LogP) is 7.00. The summed E-state index contributed by atoms with van der Waals surface area (Å²) in [6, 6.07) is 20.1. The second-order valence-electron chi connectivity index (χ2n) is 7.95. The summed E-state index contributed by atoms with van der Waals surface area (Å²) in [7, 11) is 2.21. The number of nitrogens with zero attached hydrogens (tertiary/aromatic N) is 1. The lowest BCUT2D eigenvalue weighted by Gasteiger charge is -2.21. The van der Waals surface area contributed by atoms with Gasteiger partial charge in [0.15, 0.2) is 0 Å². The molecular formula is C23H21NS. The SMILES string of the molecule is Cn1c2ccccc2c2c3c(cc(C(C)(C)C)c21)sc1ccccc13. The Balaban J connectivity index is 2.19. The van der Waals surface area contributed by atoms with Crippen LogP contribution in [0, 0.1) is 0 Å². The van der Waals surface area contributed by atoms with Crippen molar-refractivity contribution in [3.63, 3.8) is 0 Å². The second kappa shape index (κ2) is 4.86. The van der Waals surface area contributed by atoms with Crippen molar-refractivity contribution in [2.45, 2.75) is 26.2 Å². The zero-order valence-electron chi connectivity index (χ0n) is 15.1. The number of para-hydroxylation sites is 1. The van der Waals surface area contributed by atoms with E-state index in [4.69, 9.17) is 0 Å². The van der Waals surface area contributed by atoms with E-state index >= 15 is 0 Å². The summed E-state index contributed by atoms with van der Waals surface area (Å²) in [5.74, 6) is 0. The van der Waals surface area contributed by atoms with Crippen LogP contribution in [0.4, 0.5) is 0 Å². The minimum absolute atomic E-state index is 0.102. The lowest BCUT2D eigenvalue weighted by atomic mass is 9.84. The second-order valence-corrected chi connectivity index (χ2v) is 9.03. The van der Waals surface area contributed by atoms with Gasteiger partial charge in [0.25, 0.3) is 0 Å². The molecule has 5 rings (SSSR count). The maximum absolute atomic E-state index is 2.43. The number of aryl methyl sites for hydroxylation is 1. The predicted molar refractivity (Wildman–Crippen MR) is 112 cm³/mol. The Kier molecular flexibility index (Phi) is 2.91. The number of hydrogen-bond acceptors (Lipinski definition) is 1. The molecule has 0 unspecified atom stereocenters. The van der Waals surface area contributed by atoms with Gasteiger partial charge < -0.3 is 4.57 Å². The normalized spacial score (nSPS) is 12.8. The van der Waals surface area contributed by atoms with Crippen molar-refractivity contribution in [2.24, 2.45) is 7.05 Å². The standard InChI is InChI=1S/C23H21NS/c1-23(2,3)16-13-19-20(15-10-6-8-12-18(15)25-19)21-14-9-5-7-11-17(14)24(4)22(16)21/h5-13H,1-4H3. The average Bonchev–Trinajstić information content (AvgIpc) is 3.10. The number of benzene rings is 3. The molecule has 3 aromatic carbocycles. The lowest BCUT2D eigenvalue weighted by molar-refractivity contribution is 0.594. The van der Waals surface area contributed by atoms with Crippen molar-refractivity contribution in [3.05, 3.63) is 60.2 Å². The molecule has 2 heterocycles. The minimum Gasteiger partial charge on any atom is -0.343 e. The van der Waals surface area contributed by atoms with E-state index in [0.717, 1.165) is 0 Å². The first-order valence-corrected chi connectivity index (χ1v) is 9.60. The molecule has 0 radical (unpaired) electrons. The topological polar surface area (TPSA) is 4.93 Å². The van der Waals surface area contributed by atoms with E-state index in [9.17, 15) is 0 Å². The van der Waals surface area contributed by atoms with Crippen LogP contribution in [0.3, 0.4) is 0 Å². The van der Waals surface area contributed by atoms with Crippen LogP contribution in [-0.4, -0.2) is 4.57 Å². The Morgan fingerprint density at radius 1 is 0.800 bits per heavy atom. The monoisotopic (exact) mass is 343 g/mol. The molecule has 0 spiro atoms. The highest BCUT2D eigenvalue weighted by atomic mass is 32.1. The van der Waals surface area contributed by atoms with Crippen molar-refractivity contribution in [2.75, 3.05) is 0 Å². The van der Waals surface area contributed by atoms with E-state index in [1.54, 1.807) is 0 Å². The highest BCUT2D eigenvalue weighted by molar-refractivity contribution is 7.26. The number of fused-ring (bicyclic) bond motifs is 7. The first kappa shape index (κ1) is 15.0. The Bertz CT molecular complexity index is 1280. The molecule has 124 valence electrons. The maximum atomic E-state index is 2.43. The van der Waals surface area contributed by atoms with Gasteiger partial charge in [-0.3, -0.25) is 0 Å². The Morgan fingerprint density at radius 3 is 2.24 bits per heavy atom. The van der Waals surface area contributed by atoms with E-state index < -0.39 is 0 Å². The molecule has 0 aliphatic carbocycles. The summed E-state index contributed by atoms with van der Waals surface area (Å²) in [4.78, 5) is 0. The smallest absolute Gasteiger partial charge is 0.0534 e. The summed E-state index contributed by atoms with van der Waals surface area (Å²) < 4.78 is 5.16. The van der Waals surface area contributed by atoms with E-state index in [1.807, 2.05) is 11.3 Å². The fourth-order valence-corrected chi connectivity index (χ4v) is 5.31. The molecular weight excluding hydrogens is 322 g/mol. The van der Waals surface area contributed by atoms with Crippen LogP contribution in [0.2, 0.25) is 0 Å². The fraction of sp³-hybridized carbons (Fsp3) is 0.217. The molecule has 0 aliphatic heterocycles. The zero-order chi connectivity index (χ0) is 17.3. The van der Waals surface area contributed by atoms with Gasteiger partial charge in [0.2, 0.25) is 0 Å². The van der Waals surface area contributed by atoms with Crippen molar-refractivity contribution in [1.29, 1.82) is 0 Å². The van der Waals surface area contributed by atoms with Crippen molar-refractivity contribution >= 4 is 53.3 Å². The van der Waals surface area contributed by atoms with Crippen LogP contribution in [0.25, 0.3) is 42.0 Å². The molecule has 0 N–H and O–H groups in total. The van der Waals surface area contributed by atoms with Gasteiger partial charge >= 0.3 is 0 Å². The summed E-state index contributed by atoms with van der Waals surface area (Å²) in [5.41, 5.74) is 4.22. The first-order valence-electron chi connectivity index (χ1n) is 8.78. The number of rotatable bonds is 0. The molecule has 0 saturated carbocycles. The van der Waals surface area contributed by atoms with Crippen LogP contribution < -0.4 is 0 Å². The maximum Gasteiger partial charge on any atom is 0.0534 e. The summed E-state index contributed by atoms with van der Waals surface area (Å²) in [5, 5.41) is 5.57. The summed E-state index contributed by atoms with van der Waals surface area (Å²) in [6.07, 6.45) is 0. The molecule has 0 aliphatic rings. The largest absolute Gasteiger partial charge is 0.343 e. The number of aromatic nitrogens is 1. The minimum atomic E-state index is 0.102. The summed E-state index contributed by atoms with van der Waals surface area (Å²) >= 11 is 1.92. The van der Waals surface area contributed by atoms with Crippen LogP contribution in [-0.2, 0) is 12.5 Å². The van der Waals surface area contributed by atoms with Gasteiger partial charge in [0.05, 0.1) is 5.52 Å². The summed E-state index contributed by atoms with van der Waals surface area (Å²) in [6.45, 7) is 6.95. The lowest BCUT2D eigenvalue weighted by Crippen LogP contribution is -2.12. The molecule has 0 amide bonds.